The van der Waals surface area contributed by atoms with Gasteiger partial charge in [0, 0.05) is 22.3 Å². The molecular formula is C42H66O4. The zero-order valence-corrected chi connectivity index (χ0v) is 31.6. The van der Waals surface area contributed by atoms with Gasteiger partial charge in [-0.25, -0.2) is 0 Å². The molecule has 4 nitrogen and oxygen atoms in total. The summed E-state index contributed by atoms with van der Waals surface area (Å²) in [6, 6.07) is 9.81. The second kappa shape index (κ2) is 14.6. The van der Waals surface area contributed by atoms with Crippen LogP contribution in [0, 0.1) is 0 Å². The molecule has 2 aliphatic heterocycles. The summed E-state index contributed by atoms with van der Waals surface area (Å²) in [5.41, 5.74) is 7.72. The average Bonchev–Trinajstić information content (AvgIpc) is 3.97. The Balaban J connectivity index is 1.91. The van der Waals surface area contributed by atoms with Crippen LogP contribution in [-0.4, -0.2) is 38.6 Å². The second-order valence-corrected chi connectivity index (χ2v) is 16.6. The van der Waals surface area contributed by atoms with Crippen molar-refractivity contribution in [3.8, 4) is 22.6 Å². The van der Waals surface area contributed by atoms with Crippen LogP contribution in [0.15, 0.2) is 24.3 Å². The van der Waals surface area contributed by atoms with Crippen molar-refractivity contribution in [2.45, 2.75) is 168 Å². The Morgan fingerprint density at radius 3 is 1.00 bits per heavy atom. The van der Waals surface area contributed by atoms with Crippen LogP contribution in [0.1, 0.15) is 157 Å². The Morgan fingerprint density at radius 2 is 0.783 bits per heavy atom. The summed E-state index contributed by atoms with van der Waals surface area (Å²) in [6.45, 7) is 31.5. The van der Waals surface area contributed by atoms with Crippen molar-refractivity contribution >= 4 is 0 Å². The molecule has 0 bridgehead atoms. The molecule has 0 spiro atoms. The van der Waals surface area contributed by atoms with E-state index in [0.717, 1.165) is 89.3 Å². The molecule has 4 heteroatoms. The number of rotatable bonds is 19. The van der Waals surface area contributed by atoms with E-state index in [1.807, 2.05) is 0 Å². The molecule has 258 valence electrons. The quantitative estimate of drug-likeness (QED) is 0.114. The summed E-state index contributed by atoms with van der Waals surface area (Å²) in [5.74, 6) is 2.20. The van der Waals surface area contributed by atoms with Crippen LogP contribution in [0.25, 0.3) is 11.1 Å². The maximum absolute atomic E-state index is 6.82. The first-order chi connectivity index (χ1) is 21.6. The molecule has 0 aromatic heterocycles. The molecule has 2 heterocycles. The molecule has 2 aliphatic rings. The maximum atomic E-state index is 6.82. The van der Waals surface area contributed by atoms with Crippen molar-refractivity contribution in [3.63, 3.8) is 0 Å². The van der Waals surface area contributed by atoms with Crippen LogP contribution in [0.3, 0.4) is 0 Å². The van der Waals surface area contributed by atoms with Crippen molar-refractivity contribution in [1.29, 1.82) is 0 Å². The van der Waals surface area contributed by atoms with Crippen LogP contribution in [-0.2, 0) is 31.1 Å². The van der Waals surface area contributed by atoms with E-state index in [0.29, 0.717) is 12.2 Å². The minimum atomic E-state index is -0.0329. The first kappa shape index (κ1) is 36.8. The highest BCUT2D eigenvalue weighted by Crippen LogP contribution is 2.49. The standard InChI is InChI=1S/C42H66O4/c1-13-39(5,6)33-23-29(24-34(40(7,8)14-2)37(33)43-21-17-19-31-27-45-31)30-25-35(41(9,10)15-3)38(36(26-30)42(11,12)16-4)44-22-18-20-32-28-46-32/h23-26,31-32H,13-22,27-28H2,1-12H3. The molecule has 0 saturated carbocycles. The van der Waals surface area contributed by atoms with Crippen molar-refractivity contribution in [2.24, 2.45) is 0 Å². The molecule has 2 aromatic rings. The van der Waals surface area contributed by atoms with E-state index in [9.17, 15) is 0 Å². The molecular weight excluding hydrogens is 568 g/mol. The first-order valence-electron chi connectivity index (χ1n) is 18.5. The van der Waals surface area contributed by atoms with E-state index in [-0.39, 0.29) is 21.7 Å². The Labute approximate surface area is 282 Å². The van der Waals surface area contributed by atoms with Crippen molar-refractivity contribution in [1.82, 2.24) is 0 Å². The average molecular weight is 635 g/mol. The molecule has 0 N–H and O–H groups in total. The number of epoxide rings is 2. The van der Waals surface area contributed by atoms with Gasteiger partial charge in [-0.05, 0) is 108 Å². The van der Waals surface area contributed by atoms with Gasteiger partial charge in [-0.15, -0.1) is 0 Å². The van der Waals surface area contributed by atoms with Crippen LogP contribution in [0.2, 0.25) is 0 Å². The van der Waals surface area contributed by atoms with Crippen molar-refractivity contribution < 1.29 is 18.9 Å². The lowest BCUT2D eigenvalue weighted by molar-refractivity contribution is 0.277. The molecule has 2 unspecified atom stereocenters. The third-order valence-corrected chi connectivity index (χ3v) is 11.6. The highest BCUT2D eigenvalue weighted by molar-refractivity contribution is 5.73. The van der Waals surface area contributed by atoms with E-state index in [2.05, 4.69) is 107 Å². The van der Waals surface area contributed by atoms with Crippen molar-refractivity contribution in [2.75, 3.05) is 26.4 Å². The van der Waals surface area contributed by atoms with Gasteiger partial charge in [0.05, 0.1) is 38.6 Å². The molecule has 2 aromatic carbocycles. The monoisotopic (exact) mass is 634 g/mol. The normalized spacial score (nSPS) is 18.5. The van der Waals surface area contributed by atoms with Gasteiger partial charge in [0.2, 0.25) is 0 Å². The molecule has 2 saturated heterocycles. The Bertz CT molecular complexity index is 1130. The summed E-state index contributed by atoms with van der Waals surface area (Å²) in [5, 5.41) is 0. The highest BCUT2D eigenvalue weighted by atomic mass is 16.6. The van der Waals surface area contributed by atoms with E-state index in [1.54, 1.807) is 0 Å². The number of hydrogen-bond acceptors (Lipinski definition) is 4. The van der Waals surface area contributed by atoms with Crippen LogP contribution in [0.5, 0.6) is 11.5 Å². The minimum absolute atomic E-state index is 0.0329. The van der Waals surface area contributed by atoms with Crippen LogP contribution >= 0.6 is 0 Å². The minimum Gasteiger partial charge on any atom is -0.493 e. The number of ether oxygens (including phenoxy) is 4. The first-order valence-corrected chi connectivity index (χ1v) is 18.5. The lowest BCUT2D eigenvalue weighted by atomic mass is 9.72. The van der Waals surface area contributed by atoms with Gasteiger partial charge >= 0.3 is 0 Å². The van der Waals surface area contributed by atoms with Gasteiger partial charge in [-0.3, -0.25) is 0 Å². The van der Waals surface area contributed by atoms with Gasteiger partial charge < -0.3 is 18.9 Å². The summed E-state index contributed by atoms with van der Waals surface area (Å²) >= 11 is 0. The summed E-state index contributed by atoms with van der Waals surface area (Å²) in [4.78, 5) is 0. The van der Waals surface area contributed by atoms with Crippen LogP contribution in [0.4, 0.5) is 0 Å². The second-order valence-electron chi connectivity index (χ2n) is 16.6. The fourth-order valence-corrected chi connectivity index (χ4v) is 6.11. The van der Waals surface area contributed by atoms with Gasteiger partial charge in [-0.1, -0.05) is 83.1 Å². The fourth-order valence-electron chi connectivity index (χ4n) is 6.11. The topological polar surface area (TPSA) is 43.5 Å². The highest BCUT2D eigenvalue weighted by Gasteiger charge is 2.34. The molecule has 46 heavy (non-hydrogen) atoms. The third kappa shape index (κ3) is 8.70. The van der Waals surface area contributed by atoms with E-state index in [4.69, 9.17) is 18.9 Å². The zero-order valence-electron chi connectivity index (χ0n) is 31.6. The number of hydrogen-bond donors (Lipinski definition) is 0. The van der Waals surface area contributed by atoms with Gasteiger partial charge in [0.15, 0.2) is 0 Å². The molecule has 0 amide bonds. The van der Waals surface area contributed by atoms with Gasteiger partial charge in [-0.2, -0.15) is 0 Å². The summed E-state index contributed by atoms with van der Waals surface area (Å²) in [6.07, 6.45) is 9.21. The SMILES string of the molecule is CCC(C)(C)c1cc(-c2cc(C(C)(C)CC)c(OCCCC3CO3)c(C(C)(C)CC)c2)cc(C(C)(C)CC)c1OCCCC1CO1. The maximum Gasteiger partial charge on any atom is 0.126 e. The van der Waals surface area contributed by atoms with E-state index < -0.39 is 0 Å². The largest absolute Gasteiger partial charge is 0.493 e. The smallest absolute Gasteiger partial charge is 0.126 e. The molecule has 4 rings (SSSR count). The van der Waals surface area contributed by atoms with E-state index >= 15 is 0 Å². The summed E-state index contributed by atoms with van der Waals surface area (Å²) < 4.78 is 24.6. The lowest BCUT2D eigenvalue weighted by Gasteiger charge is -2.35. The van der Waals surface area contributed by atoms with Crippen molar-refractivity contribution in [3.05, 3.63) is 46.5 Å². The molecule has 0 radical (unpaired) electrons. The predicted octanol–water partition coefficient (Wildman–Crippen LogP) is 11.2. The Hall–Kier alpha value is -2.04. The summed E-state index contributed by atoms with van der Waals surface area (Å²) in [7, 11) is 0. The molecule has 2 fully saturated rings. The predicted molar refractivity (Wildman–Crippen MR) is 194 cm³/mol. The zero-order chi connectivity index (χ0) is 33.9. The number of benzene rings is 2. The third-order valence-electron chi connectivity index (χ3n) is 11.6. The Kier molecular flexibility index (Phi) is 11.7. The Morgan fingerprint density at radius 1 is 0.522 bits per heavy atom. The van der Waals surface area contributed by atoms with E-state index in [1.165, 1.54) is 33.4 Å². The van der Waals surface area contributed by atoms with Crippen LogP contribution < -0.4 is 9.47 Å². The fraction of sp³-hybridized carbons (Fsp3) is 0.714. The van der Waals surface area contributed by atoms with Gasteiger partial charge in [0.1, 0.15) is 11.5 Å². The molecule has 0 aliphatic carbocycles. The van der Waals surface area contributed by atoms with Gasteiger partial charge in [0.25, 0.3) is 0 Å². The molecule has 2 atom stereocenters. The lowest BCUT2D eigenvalue weighted by Crippen LogP contribution is -2.24.